The summed E-state index contributed by atoms with van der Waals surface area (Å²) < 4.78 is 13.3. The van der Waals surface area contributed by atoms with Crippen LogP contribution in [0.15, 0.2) is 23.1 Å². The van der Waals surface area contributed by atoms with Gasteiger partial charge >= 0.3 is 0 Å². The van der Waals surface area contributed by atoms with Gasteiger partial charge in [-0.1, -0.05) is 22.0 Å². The first-order chi connectivity index (χ1) is 6.16. The summed E-state index contributed by atoms with van der Waals surface area (Å²) in [6.07, 6.45) is 0.300. The molecule has 1 aromatic carbocycles. The molecule has 1 aromatic rings. The smallest absolute Gasteiger partial charge is 0.166 e. The molecule has 0 fully saturated rings. The second kappa shape index (κ2) is 4.77. The van der Waals surface area contributed by atoms with E-state index in [-0.39, 0.29) is 16.2 Å². The first-order valence-electron chi connectivity index (χ1n) is 3.73. The Hall–Kier alpha value is -0.350. The van der Waals surface area contributed by atoms with Crippen LogP contribution >= 0.6 is 28.6 Å². The monoisotopic (exact) mass is 262 g/mol. The third kappa shape index (κ3) is 2.54. The normalized spacial score (nSPS) is 10.1. The summed E-state index contributed by atoms with van der Waals surface area (Å²) in [6.45, 7) is 0. The highest BCUT2D eigenvalue weighted by Gasteiger charge is 2.12. The summed E-state index contributed by atoms with van der Waals surface area (Å²) in [7, 11) is 0. The van der Waals surface area contributed by atoms with E-state index in [2.05, 4.69) is 28.6 Å². The van der Waals surface area contributed by atoms with Crippen LogP contribution in [-0.2, 0) is 0 Å². The molecule has 4 heteroatoms. The Morgan fingerprint density at radius 2 is 2.23 bits per heavy atom. The molecule has 0 aliphatic heterocycles. The van der Waals surface area contributed by atoms with Crippen LogP contribution in [0.4, 0.5) is 4.39 Å². The van der Waals surface area contributed by atoms with Crippen LogP contribution in [0.25, 0.3) is 0 Å². The molecular weight excluding hydrogens is 255 g/mol. The molecule has 0 atom stereocenters. The predicted molar refractivity (Wildman–Crippen MR) is 56.4 cm³/mol. The van der Waals surface area contributed by atoms with E-state index < -0.39 is 5.82 Å². The molecule has 0 heterocycles. The molecule has 0 radical (unpaired) electrons. The maximum atomic E-state index is 13.3. The third-order valence-electron chi connectivity index (χ3n) is 1.60. The quantitative estimate of drug-likeness (QED) is 0.504. The minimum Gasteiger partial charge on any atom is -0.294 e. The van der Waals surface area contributed by atoms with Crippen molar-refractivity contribution in [1.29, 1.82) is 0 Å². The maximum absolute atomic E-state index is 13.3. The standard InChI is InChI=1S/C9H8BrFOS/c10-5-4-7(12)6-2-1-3-8(13)9(6)11/h1-3,13H,4-5H2. The topological polar surface area (TPSA) is 17.1 Å². The minimum atomic E-state index is -0.531. The first-order valence-corrected chi connectivity index (χ1v) is 5.30. The lowest BCUT2D eigenvalue weighted by molar-refractivity contribution is 0.0985. The molecule has 70 valence electrons. The Kier molecular flexibility index (Phi) is 3.93. The number of Topliss-reactive ketones (excluding diaryl/α,β-unsaturated/α-hetero) is 1. The highest BCUT2D eigenvalue weighted by Crippen LogP contribution is 2.17. The fraction of sp³-hybridized carbons (Fsp3) is 0.222. The zero-order chi connectivity index (χ0) is 9.84. The van der Waals surface area contributed by atoms with E-state index in [4.69, 9.17) is 0 Å². The fourth-order valence-corrected chi connectivity index (χ4v) is 1.52. The number of alkyl halides is 1. The molecule has 1 rings (SSSR count). The van der Waals surface area contributed by atoms with E-state index in [0.717, 1.165) is 0 Å². The van der Waals surface area contributed by atoms with Gasteiger partial charge < -0.3 is 0 Å². The number of carbonyl (C=O) groups is 1. The minimum absolute atomic E-state index is 0.118. The van der Waals surface area contributed by atoms with Crippen LogP contribution in [0.5, 0.6) is 0 Å². The van der Waals surface area contributed by atoms with Crippen LogP contribution in [-0.4, -0.2) is 11.1 Å². The average Bonchev–Trinajstić information content (AvgIpc) is 2.10. The SMILES string of the molecule is O=C(CCBr)c1cccc(S)c1F. The van der Waals surface area contributed by atoms with Gasteiger partial charge in [0.05, 0.1) is 5.56 Å². The number of halogens is 2. The zero-order valence-corrected chi connectivity index (χ0v) is 9.24. The van der Waals surface area contributed by atoms with Crippen molar-refractivity contribution in [3.05, 3.63) is 29.6 Å². The zero-order valence-electron chi connectivity index (χ0n) is 6.76. The predicted octanol–water partition coefficient (Wildman–Crippen LogP) is 3.08. The van der Waals surface area contributed by atoms with E-state index in [1.54, 1.807) is 6.07 Å². The van der Waals surface area contributed by atoms with Gasteiger partial charge in [-0.25, -0.2) is 4.39 Å². The molecule has 0 bridgehead atoms. The second-order valence-corrected chi connectivity index (χ2v) is 3.78. The van der Waals surface area contributed by atoms with Gasteiger partial charge in [0.2, 0.25) is 0 Å². The molecule has 0 N–H and O–H groups in total. The van der Waals surface area contributed by atoms with Crippen molar-refractivity contribution in [2.75, 3.05) is 5.33 Å². The van der Waals surface area contributed by atoms with Crippen molar-refractivity contribution in [1.82, 2.24) is 0 Å². The van der Waals surface area contributed by atoms with Crippen molar-refractivity contribution >= 4 is 34.3 Å². The number of hydrogen-bond donors (Lipinski definition) is 1. The molecule has 1 nitrogen and oxygen atoms in total. The Bertz CT molecular complexity index is 327. The second-order valence-electron chi connectivity index (χ2n) is 2.50. The van der Waals surface area contributed by atoms with Gasteiger partial charge in [-0.05, 0) is 12.1 Å². The van der Waals surface area contributed by atoms with Crippen LogP contribution < -0.4 is 0 Å². The van der Waals surface area contributed by atoms with Crippen molar-refractivity contribution in [2.24, 2.45) is 0 Å². The van der Waals surface area contributed by atoms with Crippen LogP contribution in [0, 0.1) is 5.82 Å². The average molecular weight is 263 g/mol. The lowest BCUT2D eigenvalue weighted by Crippen LogP contribution is -2.03. The number of ketones is 1. The lowest BCUT2D eigenvalue weighted by atomic mass is 10.1. The molecule has 0 unspecified atom stereocenters. The number of carbonyl (C=O) groups excluding carboxylic acids is 1. The van der Waals surface area contributed by atoms with Crippen molar-refractivity contribution in [2.45, 2.75) is 11.3 Å². The van der Waals surface area contributed by atoms with Gasteiger partial charge in [-0.15, -0.1) is 12.6 Å². The molecule has 13 heavy (non-hydrogen) atoms. The van der Waals surface area contributed by atoms with Crippen LogP contribution in [0.3, 0.4) is 0 Å². The van der Waals surface area contributed by atoms with Gasteiger partial charge in [0.15, 0.2) is 5.78 Å². The van der Waals surface area contributed by atoms with Gasteiger partial charge in [-0.2, -0.15) is 0 Å². The Morgan fingerprint density at radius 1 is 1.54 bits per heavy atom. The van der Waals surface area contributed by atoms with Crippen molar-refractivity contribution in [3.8, 4) is 0 Å². The van der Waals surface area contributed by atoms with Gasteiger partial charge in [0.1, 0.15) is 5.82 Å². The Morgan fingerprint density at radius 3 is 2.85 bits per heavy atom. The maximum Gasteiger partial charge on any atom is 0.166 e. The van der Waals surface area contributed by atoms with Gasteiger partial charge in [-0.3, -0.25) is 4.79 Å². The number of rotatable bonds is 3. The third-order valence-corrected chi connectivity index (χ3v) is 2.34. The summed E-state index contributed by atoms with van der Waals surface area (Å²) in [5.41, 5.74) is 0.118. The van der Waals surface area contributed by atoms with Gasteiger partial charge in [0, 0.05) is 16.6 Å². The largest absolute Gasteiger partial charge is 0.294 e. The fourth-order valence-electron chi connectivity index (χ4n) is 0.956. The summed E-state index contributed by atoms with van der Waals surface area (Å²) in [5.74, 6) is -0.734. The molecule has 0 aliphatic carbocycles. The summed E-state index contributed by atoms with van der Waals surface area (Å²) in [6, 6.07) is 4.61. The summed E-state index contributed by atoms with van der Waals surface area (Å²) in [5, 5.41) is 0.544. The lowest BCUT2D eigenvalue weighted by Gasteiger charge is -2.02. The number of thiol groups is 1. The van der Waals surface area contributed by atoms with E-state index in [1.165, 1.54) is 12.1 Å². The number of hydrogen-bond acceptors (Lipinski definition) is 2. The molecule has 0 aromatic heterocycles. The Labute approximate surface area is 89.9 Å². The first kappa shape index (κ1) is 10.7. The summed E-state index contributed by atoms with van der Waals surface area (Å²) in [4.78, 5) is 11.5. The highest BCUT2D eigenvalue weighted by molar-refractivity contribution is 9.09. The summed E-state index contributed by atoms with van der Waals surface area (Å²) >= 11 is 7.02. The molecule has 0 spiro atoms. The number of benzene rings is 1. The van der Waals surface area contributed by atoms with Gasteiger partial charge in [0.25, 0.3) is 0 Å². The van der Waals surface area contributed by atoms with Crippen molar-refractivity contribution in [3.63, 3.8) is 0 Å². The molecule has 0 amide bonds. The van der Waals surface area contributed by atoms with E-state index >= 15 is 0 Å². The van der Waals surface area contributed by atoms with Crippen LogP contribution in [0.2, 0.25) is 0 Å². The van der Waals surface area contributed by atoms with E-state index in [9.17, 15) is 9.18 Å². The van der Waals surface area contributed by atoms with Crippen LogP contribution in [0.1, 0.15) is 16.8 Å². The molecule has 0 aliphatic rings. The van der Waals surface area contributed by atoms with Crippen molar-refractivity contribution < 1.29 is 9.18 Å². The highest BCUT2D eigenvalue weighted by atomic mass is 79.9. The molecular formula is C9H8BrFOS. The Balaban J connectivity index is 3.01. The molecule has 0 saturated carbocycles. The molecule has 0 saturated heterocycles. The van der Waals surface area contributed by atoms with E-state index in [1.807, 2.05) is 0 Å². The van der Waals surface area contributed by atoms with E-state index in [0.29, 0.717) is 11.8 Å².